The lowest BCUT2D eigenvalue weighted by atomic mass is 10.1. The first-order valence-corrected chi connectivity index (χ1v) is 7.96. The van der Waals surface area contributed by atoms with Crippen LogP contribution in [0.1, 0.15) is 12.0 Å². The fraction of sp³-hybridized carbons (Fsp3) is 0.562. The number of nitrogens with one attached hydrogen (secondary N) is 2. The minimum Gasteiger partial charge on any atom is -0.383 e. The molecule has 0 radical (unpaired) electrons. The predicted molar refractivity (Wildman–Crippen MR) is 86.2 cm³/mol. The molecule has 1 aromatic rings. The van der Waals surface area contributed by atoms with E-state index in [9.17, 15) is 4.39 Å². The van der Waals surface area contributed by atoms with E-state index >= 15 is 0 Å². The number of hydrogen-bond acceptors (Lipinski definition) is 5. The number of morpholine rings is 1. The highest BCUT2D eigenvalue weighted by Gasteiger charge is 2.17. The van der Waals surface area contributed by atoms with Crippen LogP contribution in [-0.2, 0) is 4.74 Å². The Hall–Kier alpha value is -1.66. The SMILES string of the molecule is Fc1cccc(NCCN2CCOCC2)c1C1=NCCCN1. The Kier molecular flexibility index (Phi) is 5.24. The van der Waals surface area contributed by atoms with Gasteiger partial charge >= 0.3 is 0 Å². The monoisotopic (exact) mass is 306 g/mol. The van der Waals surface area contributed by atoms with Crippen molar-refractivity contribution in [1.82, 2.24) is 10.2 Å². The van der Waals surface area contributed by atoms with Crippen molar-refractivity contribution in [2.24, 2.45) is 4.99 Å². The molecule has 22 heavy (non-hydrogen) atoms. The number of rotatable bonds is 5. The highest BCUT2D eigenvalue weighted by molar-refractivity contribution is 6.04. The molecule has 2 aliphatic rings. The molecule has 1 aromatic carbocycles. The van der Waals surface area contributed by atoms with E-state index in [0.717, 1.165) is 64.6 Å². The molecule has 0 unspecified atom stereocenters. The van der Waals surface area contributed by atoms with Crippen LogP contribution in [-0.4, -0.2) is 63.2 Å². The van der Waals surface area contributed by atoms with Gasteiger partial charge in [0.1, 0.15) is 11.7 Å². The Bertz CT molecular complexity index is 529. The molecule has 5 nitrogen and oxygen atoms in total. The maximum atomic E-state index is 14.2. The average Bonchev–Trinajstić information content (AvgIpc) is 2.57. The lowest BCUT2D eigenvalue weighted by molar-refractivity contribution is 0.0398. The van der Waals surface area contributed by atoms with Crippen molar-refractivity contribution in [3.05, 3.63) is 29.6 Å². The van der Waals surface area contributed by atoms with Crippen LogP contribution in [0.15, 0.2) is 23.2 Å². The third kappa shape index (κ3) is 3.75. The number of halogens is 1. The topological polar surface area (TPSA) is 48.9 Å². The van der Waals surface area contributed by atoms with E-state index in [-0.39, 0.29) is 5.82 Å². The van der Waals surface area contributed by atoms with Crippen molar-refractivity contribution in [2.75, 3.05) is 57.8 Å². The molecule has 0 bridgehead atoms. The molecule has 0 atom stereocenters. The smallest absolute Gasteiger partial charge is 0.136 e. The summed E-state index contributed by atoms with van der Waals surface area (Å²) >= 11 is 0. The number of hydrogen-bond donors (Lipinski definition) is 2. The second kappa shape index (κ2) is 7.56. The number of benzene rings is 1. The minimum absolute atomic E-state index is 0.232. The number of nitrogens with zero attached hydrogens (tertiary/aromatic N) is 2. The van der Waals surface area contributed by atoms with Gasteiger partial charge in [-0.2, -0.15) is 0 Å². The molecule has 1 fully saturated rings. The molecule has 6 heteroatoms. The lowest BCUT2D eigenvalue weighted by Crippen LogP contribution is -2.39. The summed E-state index contributed by atoms with van der Waals surface area (Å²) in [7, 11) is 0. The molecule has 120 valence electrons. The summed E-state index contributed by atoms with van der Waals surface area (Å²) in [6, 6.07) is 5.14. The molecule has 3 rings (SSSR count). The molecule has 0 aliphatic carbocycles. The molecular formula is C16H23FN4O. The summed E-state index contributed by atoms with van der Waals surface area (Å²) in [5.41, 5.74) is 1.37. The van der Waals surface area contributed by atoms with Gasteiger partial charge < -0.3 is 15.4 Å². The van der Waals surface area contributed by atoms with Crippen LogP contribution in [0.5, 0.6) is 0 Å². The standard InChI is InChI=1S/C16H23FN4O/c17-13-3-1-4-14(15(13)16-19-5-2-6-20-16)18-7-8-21-9-11-22-12-10-21/h1,3-4,18H,2,5-12H2,(H,19,20). The summed E-state index contributed by atoms with van der Waals surface area (Å²) in [4.78, 5) is 6.77. The van der Waals surface area contributed by atoms with Crippen LogP contribution in [0, 0.1) is 5.82 Å². The van der Waals surface area contributed by atoms with Crippen LogP contribution in [0.2, 0.25) is 0 Å². The molecule has 0 amide bonds. The summed E-state index contributed by atoms with van der Waals surface area (Å²) in [5.74, 6) is 0.433. The number of ether oxygens (including phenoxy) is 1. The van der Waals surface area contributed by atoms with Crippen molar-refractivity contribution in [3.8, 4) is 0 Å². The highest BCUT2D eigenvalue weighted by atomic mass is 19.1. The molecule has 2 N–H and O–H groups in total. The Balaban J connectivity index is 1.65. The normalized spacial score (nSPS) is 19.4. The van der Waals surface area contributed by atoms with Gasteiger partial charge in [0, 0.05) is 45.0 Å². The third-order valence-corrected chi connectivity index (χ3v) is 3.99. The maximum absolute atomic E-state index is 14.2. The molecule has 2 heterocycles. The zero-order chi connectivity index (χ0) is 15.2. The molecule has 1 saturated heterocycles. The van der Waals surface area contributed by atoms with Gasteiger partial charge in [-0.05, 0) is 18.6 Å². The zero-order valence-corrected chi connectivity index (χ0v) is 12.8. The summed E-state index contributed by atoms with van der Waals surface area (Å²) in [6.45, 7) is 6.84. The minimum atomic E-state index is -0.232. The van der Waals surface area contributed by atoms with Gasteiger partial charge in [0.05, 0.1) is 18.8 Å². The first-order chi connectivity index (χ1) is 10.8. The van der Waals surface area contributed by atoms with E-state index in [1.807, 2.05) is 6.07 Å². The third-order valence-electron chi connectivity index (χ3n) is 3.99. The van der Waals surface area contributed by atoms with Gasteiger partial charge in [-0.3, -0.25) is 9.89 Å². The summed E-state index contributed by atoms with van der Waals surface area (Å²) in [6.07, 6.45) is 0.998. The van der Waals surface area contributed by atoms with E-state index in [4.69, 9.17) is 4.74 Å². The fourth-order valence-electron chi connectivity index (χ4n) is 2.79. The van der Waals surface area contributed by atoms with Gasteiger partial charge in [0.2, 0.25) is 0 Å². The first kappa shape index (κ1) is 15.2. The summed E-state index contributed by atoms with van der Waals surface area (Å²) < 4.78 is 19.6. The van der Waals surface area contributed by atoms with Crippen LogP contribution >= 0.6 is 0 Å². The maximum Gasteiger partial charge on any atom is 0.136 e. The average molecular weight is 306 g/mol. The van der Waals surface area contributed by atoms with E-state index in [1.165, 1.54) is 6.07 Å². The van der Waals surface area contributed by atoms with Gasteiger partial charge in [-0.15, -0.1) is 0 Å². The molecule has 0 spiro atoms. The Labute approximate surface area is 130 Å². The number of anilines is 1. The van der Waals surface area contributed by atoms with Crippen molar-refractivity contribution in [3.63, 3.8) is 0 Å². The molecular weight excluding hydrogens is 283 g/mol. The van der Waals surface area contributed by atoms with Crippen LogP contribution in [0.3, 0.4) is 0 Å². The van der Waals surface area contributed by atoms with Crippen molar-refractivity contribution < 1.29 is 9.13 Å². The fourth-order valence-corrected chi connectivity index (χ4v) is 2.79. The van der Waals surface area contributed by atoms with Crippen molar-refractivity contribution in [2.45, 2.75) is 6.42 Å². The predicted octanol–water partition coefficient (Wildman–Crippen LogP) is 1.31. The lowest BCUT2D eigenvalue weighted by Gasteiger charge is -2.27. The van der Waals surface area contributed by atoms with Crippen molar-refractivity contribution >= 4 is 11.5 Å². The molecule has 0 aromatic heterocycles. The quantitative estimate of drug-likeness (QED) is 0.861. The molecule has 2 aliphatic heterocycles. The van der Waals surface area contributed by atoms with E-state index in [1.54, 1.807) is 6.07 Å². The Morgan fingerprint density at radius 1 is 1.32 bits per heavy atom. The van der Waals surface area contributed by atoms with Gasteiger partial charge in [-0.1, -0.05) is 6.07 Å². The van der Waals surface area contributed by atoms with Crippen LogP contribution < -0.4 is 10.6 Å². The summed E-state index contributed by atoms with van der Waals surface area (Å²) in [5, 5.41) is 6.55. The second-order valence-corrected chi connectivity index (χ2v) is 5.55. The van der Waals surface area contributed by atoms with Gasteiger partial charge in [-0.25, -0.2) is 4.39 Å². The largest absolute Gasteiger partial charge is 0.383 e. The van der Waals surface area contributed by atoms with Crippen LogP contribution in [0.4, 0.5) is 10.1 Å². The highest BCUT2D eigenvalue weighted by Crippen LogP contribution is 2.20. The second-order valence-electron chi connectivity index (χ2n) is 5.55. The first-order valence-electron chi connectivity index (χ1n) is 7.96. The Morgan fingerprint density at radius 2 is 2.18 bits per heavy atom. The Morgan fingerprint density at radius 3 is 2.95 bits per heavy atom. The molecule has 0 saturated carbocycles. The number of amidine groups is 1. The van der Waals surface area contributed by atoms with Crippen molar-refractivity contribution in [1.29, 1.82) is 0 Å². The number of aliphatic imine (C=N–C) groups is 1. The van der Waals surface area contributed by atoms with Gasteiger partial charge in [0.25, 0.3) is 0 Å². The van der Waals surface area contributed by atoms with Crippen LogP contribution in [0.25, 0.3) is 0 Å². The van der Waals surface area contributed by atoms with E-state index in [2.05, 4.69) is 20.5 Å². The van der Waals surface area contributed by atoms with E-state index in [0.29, 0.717) is 11.4 Å². The zero-order valence-electron chi connectivity index (χ0n) is 12.8. The van der Waals surface area contributed by atoms with Gasteiger partial charge in [0.15, 0.2) is 0 Å². The van der Waals surface area contributed by atoms with E-state index < -0.39 is 0 Å².